The van der Waals surface area contributed by atoms with Crippen molar-refractivity contribution in [3.8, 4) is 0 Å². The molecule has 0 amide bonds. The first-order chi connectivity index (χ1) is 9.30. The third-order valence-electron chi connectivity index (χ3n) is 5.32. The summed E-state index contributed by atoms with van der Waals surface area (Å²) in [5.74, 6) is 0. The summed E-state index contributed by atoms with van der Waals surface area (Å²) in [5.41, 5.74) is 2.03. The average Bonchev–Trinajstić information content (AvgIpc) is 3.12. The number of aromatic amines is 1. The van der Waals surface area contributed by atoms with Gasteiger partial charge in [-0.3, -0.25) is 5.10 Å². The van der Waals surface area contributed by atoms with Crippen LogP contribution in [0.25, 0.3) is 0 Å². The molecule has 2 heterocycles. The molecule has 1 aromatic rings. The molecule has 4 heteroatoms. The number of hydrogen-bond donors (Lipinski definition) is 1. The SMILES string of the molecule is c1cc(C23CCC(COC4CCCCO4)(C2)C3)n[nH]1. The molecule has 1 saturated heterocycles. The zero-order chi connectivity index (χ0) is 12.8. The summed E-state index contributed by atoms with van der Waals surface area (Å²) in [5, 5.41) is 7.35. The van der Waals surface area contributed by atoms with E-state index in [0.29, 0.717) is 10.8 Å². The Bertz CT molecular complexity index is 431. The standard InChI is InChI=1S/C15H22N2O2/c1-2-8-18-13(3-1)19-11-14-5-6-15(9-14,10-14)12-4-7-16-17-12/h4,7,13H,1-3,5-6,8-11H2,(H,16,17). The Morgan fingerprint density at radius 3 is 3.05 bits per heavy atom. The van der Waals surface area contributed by atoms with Crippen molar-refractivity contribution in [2.45, 2.75) is 56.7 Å². The summed E-state index contributed by atoms with van der Waals surface area (Å²) in [6, 6.07) is 2.14. The summed E-state index contributed by atoms with van der Waals surface area (Å²) < 4.78 is 11.7. The minimum atomic E-state index is 0.0594. The van der Waals surface area contributed by atoms with Crippen LogP contribution in [0.2, 0.25) is 0 Å². The molecular weight excluding hydrogens is 240 g/mol. The van der Waals surface area contributed by atoms with Gasteiger partial charge in [0.25, 0.3) is 0 Å². The van der Waals surface area contributed by atoms with Crippen molar-refractivity contribution in [3.63, 3.8) is 0 Å². The van der Waals surface area contributed by atoms with Crippen molar-refractivity contribution in [2.75, 3.05) is 13.2 Å². The first kappa shape index (κ1) is 11.9. The van der Waals surface area contributed by atoms with E-state index < -0.39 is 0 Å². The van der Waals surface area contributed by atoms with Gasteiger partial charge in [-0.2, -0.15) is 5.10 Å². The molecule has 104 valence electrons. The Morgan fingerprint density at radius 1 is 1.37 bits per heavy atom. The largest absolute Gasteiger partial charge is 0.353 e. The van der Waals surface area contributed by atoms with E-state index in [9.17, 15) is 0 Å². The van der Waals surface area contributed by atoms with Gasteiger partial charge in [0.2, 0.25) is 0 Å². The fourth-order valence-corrected chi connectivity index (χ4v) is 4.39. The maximum absolute atomic E-state index is 6.02. The van der Waals surface area contributed by atoms with Gasteiger partial charge in [-0.05, 0) is 56.4 Å². The first-order valence-electron chi connectivity index (χ1n) is 7.54. The number of H-pyrrole nitrogens is 1. The quantitative estimate of drug-likeness (QED) is 0.907. The second-order valence-electron chi connectivity index (χ2n) is 6.70. The van der Waals surface area contributed by atoms with Crippen molar-refractivity contribution < 1.29 is 9.47 Å². The molecule has 2 bridgehead atoms. The number of rotatable bonds is 4. The minimum absolute atomic E-state index is 0.0594. The first-order valence-corrected chi connectivity index (χ1v) is 7.54. The van der Waals surface area contributed by atoms with E-state index in [2.05, 4.69) is 16.3 Å². The lowest BCUT2D eigenvalue weighted by atomic mass is 9.59. The number of nitrogens with zero attached hydrogens (tertiary/aromatic N) is 1. The molecule has 4 fully saturated rings. The molecule has 0 spiro atoms. The zero-order valence-corrected chi connectivity index (χ0v) is 11.4. The van der Waals surface area contributed by atoms with Gasteiger partial charge in [-0.15, -0.1) is 0 Å². The summed E-state index contributed by atoms with van der Waals surface area (Å²) in [7, 11) is 0. The Balaban J connectivity index is 1.35. The summed E-state index contributed by atoms with van der Waals surface area (Å²) in [6.07, 6.45) is 10.6. The van der Waals surface area contributed by atoms with Crippen LogP contribution >= 0.6 is 0 Å². The van der Waals surface area contributed by atoms with Crippen molar-refractivity contribution in [1.29, 1.82) is 0 Å². The highest BCUT2D eigenvalue weighted by Crippen LogP contribution is 2.67. The van der Waals surface area contributed by atoms with Crippen molar-refractivity contribution >= 4 is 0 Å². The molecule has 0 radical (unpaired) electrons. The molecule has 3 saturated carbocycles. The zero-order valence-electron chi connectivity index (χ0n) is 11.4. The van der Waals surface area contributed by atoms with Crippen molar-refractivity contribution in [1.82, 2.24) is 10.2 Å². The number of fused-ring (bicyclic) bond motifs is 1. The van der Waals surface area contributed by atoms with Gasteiger partial charge in [0.15, 0.2) is 6.29 Å². The van der Waals surface area contributed by atoms with E-state index in [1.807, 2.05) is 6.20 Å². The van der Waals surface area contributed by atoms with Crippen LogP contribution in [0.5, 0.6) is 0 Å². The molecule has 3 aliphatic carbocycles. The fraction of sp³-hybridized carbons (Fsp3) is 0.800. The van der Waals surface area contributed by atoms with Crippen LogP contribution in [-0.2, 0) is 14.9 Å². The van der Waals surface area contributed by atoms with Gasteiger partial charge in [0.1, 0.15) is 0 Å². The highest BCUT2D eigenvalue weighted by Gasteiger charge is 2.62. The summed E-state index contributed by atoms with van der Waals surface area (Å²) >= 11 is 0. The summed E-state index contributed by atoms with van der Waals surface area (Å²) in [4.78, 5) is 0. The van der Waals surface area contributed by atoms with Crippen molar-refractivity contribution in [3.05, 3.63) is 18.0 Å². The number of ether oxygens (including phenoxy) is 2. The van der Waals surface area contributed by atoms with E-state index in [0.717, 1.165) is 19.6 Å². The number of nitrogens with one attached hydrogen (secondary N) is 1. The molecule has 5 rings (SSSR count). The van der Waals surface area contributed by atoms with Gasteiger partial charge in [-0.25, -0.2) is 0 Å². The molecule has 4 nitrogen and oxygen atoms in total. The van der Waals surface area contributed by atoms with Crippen LogP contribution in [0.15, 0.2) is 12.3 Å². The van der Waals surface area contributed by atoms with E-state index in [4.69, 9.17) is 9.47 Å². The third kappa shape index (κ3) is 1.93. The van der Waals surface area contributed by atoms with Gasteiger partial charge in [-0.1, -0.05) is 0 Å². The molecule has 1 unspecified atom stereocenters. The van der Waals surface area contributed by atoms with Crippen LogP contribution in [0.4, 0.5) is 0 Å². The Morgan fingerprint density at radius 2 is 2.32 bits per heavy atom. The predicted molar refractivity (Wildman–Crippen MR) is 70.7 cm³/mol. The molecule has 0 aromatic carbocycles. The highest BCUT2D eigenvalue weighted by atomic mass is 16.7. The van der Waals surface area contributed by atoms with Gasteiger partial charge < -0.3 is 9.47 Å². The second-order valence-corrected chi connectivity index (χ2v) is 6.70. The smallest absolute Gasteiger partial charge is 0.157 e. The van der Waals surface area contributed by atoms with E-state index in [1.165, 1.54) is 44.2 Å². The molecule has 19 heavy (non-hydrogen) atoms. The molecule has 4 aliphatic rings. The molecule has 1 aromatic heterocycles. The fourth-order valence-electron chi connectivity index (χ4n) is 4.39. The monoisotopic (exact) mass is 262 g/mol. The molecule has 1 atom stereocenters. The van der Waals surface area contributed by atoms with Crippen LogP contribution in [0.1, 0.15) is 50.6 Å². The van der Waals surface area contributed by atoms with Crippen LogP contribution < -0.4 is 0 Å². The van der Waals surface area contributed by atoms with Gasteiger partial charge in [0, 0.05) is 18.2 Å². The molecule has 1 aliphatic heterocycles. The lowest BCUT2D eigenvalue weighted by molar-refractivity contribution is -0.186. The lowest BCUT2D eigenvalue weighted by Gasteiger charge is -2.47. The van der Waals surface area contributed by atoms with Crippen LogP contribution in [0, 0.1) is 5.41 Å². The predicted octanol–water partition coefficient (Wildman–Crippen LogP) is 2.76. The Kier molecular flexibility index (Phi) is 2.71. The van der Waals surface area contributed by atoms with E-state index >= 15 is 0 Å². The van der Waals surface area contributed by atoms with Gasteiger partial charge in [0.05, 0.1) is 12.3 Å². The normalized spacial score (nSPS) is 41.2. The van der Waals surface area contributed by atoms with Crippen LogP contribution in [-0.4, -0.2) is 29.7 Å². The van der Waals surface area contributed by atoms with Crippen LogP contribution in [0.3, 0.4) is 0 Å². The lowest BCUT2D eigenvalue weighted by Crippen LogP contribution is -2.44. The van der Waals surface area contributed by atoms with Gasteiger partial charge >= 0.3 is 0 Å². The maximum atomic E-state index is 6.02. The minimum Gasteiger partial charge on any atom is -0.353 e. The maximum Gasteiger partial charge on any atom is 0.157 e. The van der Waals surface area contributed by atoms with E-state index in [-0.39, 0.29) is 6.29 Å². The second kappa shape index (κ2) is 4.32. The number of hydrogen-bond acceptors (Lipinski definition) is 3. The Hall–Kier alpha value is -0.870. The third-order valence-corrected chi connectivity index (χ3v) is 5.32. The van der Waals surface area contributed by atoms with Crippen molar-refractivity contribution in [2.24, 2.45) is 5.41 Å². The number of aromatic nitrogens is 2. The molecule has 1 N–H and O–H groups in total. The Labute approximate surface area is 113 Å². The topological polar surface area (TPSA) is 47.1 Å². The summed E-state index contributed by atoms with van der Waals surface area (Å²) in [6.45, 7) is 1.75. The molecular formula is C15H22N2O2. The van der Waals surface area contributed by atoms with E-state index in [1.54, 1.807) is 0 Å². The average molecular weight is 262 g/mol. The highest BCUT2D eigenvalue weighted by molar-refractivity contribution is 5.28.